The first-order valence-corrected chi connectivity index (χ1v) is 8.67. The van der Waals surface area contributed by atoms with Crippen molar-refractivity contribution >= 4 is 11.9 Å². The Morgan fingerprint density at radius 1 is 0.833 bits per heavy atom. The van der Waals surface area contributed by atoms with Crippen LogP contribution in [0.4, 0.5) is 0 Å². The van der Waals surface area contributed by atoms with Crippen molar-refractivity contribution in [3.8, 4) is 0 Å². The largest absolute Gasteiger partial charge is 0.289 e. The fourth-order valence-electron chi connectivity index (χ4n) is 2.78. The Kier molecular flexibility index (Phi) is 4.77. The summed E-state index contributed by atoms with van der Waals surface area (Å²) in [6.45, 7) is 17.1. The Morgan fingerprint density at radius 2 is 1.46 bits per heavy atom. The highest BCUT2D eigenvalue weighted by atomic mass is 16.1. The molecule has 0 saturated heterocycles. The van der Waals surface area contributed by atoms with E-state index in [1.165, 1.54) is 16.7 Å². The third-order valence-corrected chi connectivity index (χ3v) is 4.64. The van der Waals surface area contributed by atoms with Gasteiger partial charge in [-0.2, -0.15) is 0 Å². The number of benzene rings is 1. The molecule has 0 atom stereocenters. The highest BCUT2D eigenvalue weighted by Crippen LogP contribution is 2.38. The molecule has 0 radical (unpaired) electrons. The average molecular weight is 322 g/mol. The maximum atomic E-state index is 13.0. The normalized spacial score (nSPS) is 17.8. The van der Waals surface area contributed by atoms with E-state index in [1.807, 2.05) is 6.08 Å². The molecule has 0 N–H and O–H groups in total. The monoisotopic (exact) mass is 322 g/mol. The second-order valence-corrected chi connectivity index (χ2v) is 8.93. The fourth-order valence-corrected chi connectivity index (χ4v) is 2.78. The Bertz CT molecular complexity index is 756. The van der Waals surface area contributed by atoms with Crippen LogP contribution in [-0.2, 0) is 4.79 Å². The molecule has 1 aromatic rings. The van der Waals surface area contributed by atoms with Crippen molar-refractivity contribution < 1.29 is 4.79 Å². The zero-order valence-corrected chi connectivity index (χ0v) is 16.4. The molecule has 2 rings (SSSR count). The van der Waals surface area contributed by atoms with Crippen LogP contribution in [0.2, 0.25) is 0 Å². The molecule has 128 valence electrons. The van der Waals surface area contributed by atoms with E-state index in [4.69, 9.17) is 0 Å². The van der Waals surface area contributed by atoms with Crippen molar-refractivity contribution in [2.75, 3.05) is 0 Å². The maximum Gasteiger partial charge on any atom is 0.189 e. The third kappa shape index (κ3) is 3.95. The number of carbonyl (C=O) groups is 1. The zero-order chi connectivity index (χ0) is 18.3. The Balaban J connectivity index is 2.58. The summed E-state index contributed by atoms with van der Waals surface area (Å²) in [6.07, 6.45) is 6.19. The number of hydrogen-bond acceptors (Lipinski definition) is 1. The SMILES string of the molecule is Cc1ccc(/C=C2\C=C(C(C)(C)C)C=C(C(C)(C)C)C2=O)cc1C. The molecule has 24 heavy (non-hydrogen) atoms. The molecule has 0 bridgehead atoms. The number of rotatable bonds is 1. The fraction of sp³-hybridized carbons (Fsp3) is 0.435. The van der Waals surface area contributed by atoms with Crippen LogP contribution in [0.25, 0.3) is 6.08 Å². The lowest BCUT2D eigenvalue weighted by Crippen LogP contribution is -2.24. The first-order chi connectivity index (χ1) is 10.9. The van der Waals surface area contributed by atoms with Crippen molar-refractivity contribution in [3.05, 3.63) is 63.8 Å². The van der Waals surface area contributed by atoms with Gasteiger partial charge >= 0.3 is 0 Å². The molecule has 1 aliphatic rings. The molecule has 1 nitrogen and oxygen atoms in total. The summed E-state index contributed by atoms with van der Waals surface area (Å²) in [5.41, 5.74) is 6.35. The van der Waals surface area contributed by atoms with Crippen molar-refractivity contribution in [2.45, 2.75) is 55.4 Å². The number of hydrogen-bond donors (Lipinski definition) is 0. The molecule has 1 aliphatic carbocycles. The van der Waals surface area contributed by atoms with Gasteiger partial charge in [-0.1, -0.05) is 65.8 Å². The van der Waals surface area contributed by atoms with Crippen molar-refractivity contribution in [3.63, 3.8) is 0 Å². The zero-order valence-electron chi connectivity index (χ0n) is 16.4. The van der Waals surface area contributed by atoms with E-state index < -0.39 is 0 Å². The maximum absolute atomic E-state index is 13.0. The van der Waals surface area contributed by atoms with E-state index in [1.54, 1.807) is 0 Å². The summed E-state index contributed by atoms with van der Waals surface area (Å²) in [5, 5.41) is 0. The van der Waals surface area contributed by atoms with Gasteiger partial charge in [-0.3, -0.25) is 4.79 Å². The third-order valence-electron chi connectivity index (χ3n) is 4.64. The molecule has 0 fully saturated rings. The minimum absolute atomic E-state index is 0.0134. The van der Waals surface area contributed by atoms with Gasteiger partial charge in [0.05, 0.1) is 0 Å². The van der Waals surface area contributed by atoms with Crippen LogP contribution in [0.1, 0.15) is 58.2 Å². The Labute approximate surface area is 147 Å². The Hall–Kier alpha value is -1.89. The summed E-state index contributed by atoms with van der Waals surface area (Å²) >= 11 is 0. The lowest BCUT2D eigenvalue weighted by molar-refractivity contribution is -0.112. The molecular weight excluding hydrogens is 292 g/mol. The smallest absolute Gasteiger partial charge is 0.189 e. The average Bonchev–Trinajstić information content (AvgIpc) is 2.42. The van der Waals surface area contributed by atoms with E-state index in [-0.39, 0.29) is 16.6 Å². The van der Waals surface area contributed by atoms with Gasteiger partial charge < -0.3 is 0 Å². The molecular formula is C23H30O. The second-order valence-electron chi connectivity index (χ2n) is 8.93. The highest BCUT2D eigenvalue weighted by Gasteiger charge is 2.31. The predicted octanol–water partition coefficient (Wildman–Crippen LogP) is 6.21. The van der Waals surface area contributed by atoms with Gasteiger partial charge in [-0.15, -0.1) is 0 Å². The lowest BCUT2D eigenvalue weighted by atomic mass is 9.73. The standard InChI is InChI=1S/C23H30O/c1-15-9-10-17(11-16(15)2)12-18-13-19(22(3,4)5)14-20(21(18)24)23(6,7)8/h9-14H,1-8H3/b18-12+. The first-order valence-electron chi connectivity index (χ1n) is 8.67. The molecule has 1 aromatic carbocycles. The number of ketones is 1. The minimum Gasteiger partial charge on any atom is -0.289 e. The molecule has 0 spiro atoms. The van der Waals surface area contributed by atoms with Crippen molar-refractivity contribution in [1.82, 2.24) is 0 Å². The molecule has 0 aromatic heterocycles. The van der Waals surface area contributed by atoms with E-state index in [9.17, 15) is 4.79 Å². The predicted molar refractivity (Wildman–Crippen MR) is 104 cm³/mol. The Morgan fingerprint density at radius 3 is 1.96 bits per heavy atom. The van der Waals surface area contributed by atoms with Crippen LogP contribution in [0.5, 0.6) is 0 Å². The molecule has 0 aliphatic heterocycles. The van der Waals surface area contributed by atoms with Gasteiger partial charge in [0.15, 0.2) is 5.78 Å². The van der Waals surface area contributed by atoms with Gasteiger partial charge in [0.2, 0.25) is 0 Å². The van der Waals surface area contributed by atoms with Crippen LogP contribution in [0.3, 0.4) is 0 Å². The van der Waals surface area contributed by atoms with E-state index in [0.29, 0.717) is 0 Å². The van der Waals surface area contributed by atoms with E-state index in [2.05, 4.69) is 85.7 Å². The molecule has 0 heterocycles. The van der Waals surface area contributed by atoms with Crippen LogP contribution >= 0.6 is 0 Å². The molecule has 1 heteroatoms. The van der Waals surface area contributed by atoms with Crippen LogP contribution in [0, 0.1) is 24.7 Å². The molecule has 0 amide bonds. The summed E-state index contributed by atoms with van der Waals surface area (Å²) in [6, 6.07) is 6.35. The van der Waals surface area contributed by atoms with Crippen molar-refractivity contribution in [2.24, 2.45) is 10.8 Å². The number of Topliss-reactive ketones (excluding diaryl/α,β-unsaturated/α-hetero) is 1. The summed E-state index contributed by atoms with van der Waals surface area (Å²) in [5.74, 6) is 0.147. The van der Waals surface area contributed by atoms with E-state index >= 15 is 0 Å². The first kappa shape index (κ1) is 18.4. The topological polar surface area (TPSA) is 17.1 Å². The molecule has 0 saturated carbocycles. The number of aryl methyl sites for hydroxylation is 2. The van der Waals surface area contributed by atoms with Gasteiger partial charge in [-0.25, -0.2) is 0 Å². The number of carbonyl (C=O) groups excluding carboxylic acids is 1. The van der Waals surface area contributed by atoms with Crippen molar-refractivity contribution in [1.29, 1.82) is 0 Å². The highest BCUT2D eigenvalue weighted by molar-refractivity contribution is 6.15. The molecule has 0 unspecified atom stereocenters. The van der Waals surface area contributed by atoms with Crippen LogP contribution < -0.4 is 0 Å². The number of allylic oxidation sites excluding steroid dienone is 5. The minimum atomic E-state index is -0.163. The lowest BCUT2D eigenvalue weighted by Gasteiger charge is -2.30. The van der Waals surface area contributed by atoms with Gasteiger partial charge in [0.1, 0.15) is 0 Å². The summed E-state index contributed by atoms with van der Waals surface area (Å²) < 4.78 is 0. The van der Waals surface area contributed by atoms with Crippen LogP contribution in [0.15, 0.2) is 47.1 Å². The van der Waals surface area contributed by atoms with Gasteiger partial charge in [-0.05, 0) is 59.1 Å². The van der Waals surface area contributed by atoms with Crippen LogP contribution in [-0.4, -0.2) is 5.78 Å². The summed E-state index contributed by atoms with van der Waals surface area (Å²) in [7, 11) is 0. The summed E-state index contributed by atoms with van der Waals surface area (Å²) in [4.78, 5) is 13.0. The van der Waals surface area contributed by atoms with E-state index in [0.717, 1.165) is 16.7 Å². The second kappa shape index (κ2) is 6.20. The van der Waals surface area contributed by atoms with Gasteiger partial charge in [0, 0.05) is 11.1 Å². The quantitative estimate of drug-likeness (QED) is 0.561. The van der Waals surface area contributed by atoms with Gasteiger partial charge in [0.25, 0.3) is 0 Å².